The van der Waals surface area contributed by atoms with E-state index in [1.165, 1.54) is 23.1 Å². The molecule has 1 aromatic rings. The third kappa shape index (κ3) is 3.97. The Balaban J connectivity index is 2.62. The van der Waals surface area contributed by atoms with E-state index < -0.39 is 0 Å². The predicted octanol–water partition coefficient (Wildman–Crippen LogP) is 3.92. The van der Waals surface area contributed by atoms with Gasteiger partial charge in [-0.25, -0.2) is 0 Å². The molecule has 16 heavy (non-hydrogen) atoms. The number of nitrogens with two attached hydrogens (primary N) is 1. The van der Waals surface area contributed by atoms with Crippen molar-refractivity contribution in [2.75, 3.05) is 0 Å². The van der Waals surface area contributed by atoms with Crippen LogP contribution in [0.2, 0.25) is 0 Å². The minimum absolute atomic E-state index is 0.369. The van der Waals surface area contributed by atoms with Crippen molar-refractivity contribution in [1.82, 2.24) is 0 Å². The van der Waals surface area contributed by atoms with Crippen molar-refractivity contribution >= 4 is 0 Å². The molecule has 0 aliphatic rings. The van der Waals surface area contributed by atoms with Crippen LogP contribution in [0.3, 0.4) is 0 Å². The smallest absolute Gasteiger partial charge is 0.00364 e. The summed E-state index contributed by atoms with van der Waals surface area (Å²) in [5.74, 6) is 0.621. The molecular formula is C15H25N. The van der Waals surface area contributed by atoms with Crippen LogP contribution in [-0.4, -0.2) is 6.04 Å². The number of benzene rings is 1. The fraction of sp³-hybridized carbons (Fsp3) is 0.600. The second-order valence-electron chi connectivity index (χ2n) is 5.07. The zero-order chi connectivity index (χ0) is 12.1. The zero-order valence-corrected chi connectivity index (χ0v) is 11.1. The van der Waals surface area contributed by atoms with Crippen LogP contribution in [0.5, 0.6) is 0 Å². The number of aryl methyl sites for hydroxylation is 2. The minimum atomic E-state index is 0.369. The third-order valence-electron chi connectivity index (χ3n) is 3.31. The maximum atomic E-state index is 5.96. The van der Waals surface area contributed by atoms with E-state index in [2.05, 4.69) is 45.9 Å². The van der Waals surface area contributed by atoms with Gasteiger partial charge in [-0.3, -0.25) is 0 Å². The molecule has 1 aromatic carbocycles. The Morgan fingerprint density at radius 1 is 1.06 bits per heavy atom. The normalized spacial score (nSPS) is 14.8. The van der Waals surface area contributed by atoms with Crippen LogP contribution in [0, 0.1) is 13.8 Å². The van der Waals surface area contributed by atoms with E-state index >= 15 is 0 Å². The first-order valence-corrected chi connectivity index (χ1v) is 6.36. The highest BCUT2D eigenvalue weighted by molar-refractivity contribution is 5.30. The molecule has 0 aromatic heterocycles. The van der Waals surface area contributed by atoms with E-state index in [9.17, 15) is 0 Å². The standard InChI is InChI=1S/C15H25N/c1-5-15(16)7-6-13(4)14-9-11(2)8-12(3)10-14/h8-10,13,15H,5-7,16H2,1-4H3. The van der Waals surface area contributed by atoms with E-state index in [-0.39, 0.29) is 0 Å². The Bertz CT molecular complexity index is 310. The highest BCUT2D eigenvalue weighted by Crippen LogP contribution is 2.23. The molecule has 0 aliphatic carbocycles. The van der Waals surface area contributed by atoms with E-state index in [0.717, 1.165) is 12.8 Å². The Morgan fingerprint density at radius 3 is 2.12 bits per heavy atom. The Morgan fingerprint density at radius 2 is 1.62 bits per heavy atom. The Labute approximate surface area is 100 Å². The summed E-state index contributed by atoms with van der Waals surface area (Å²) >= 11 is 0. The second-order valence-corrected chi connectivity index (χ2v) is 5.07. The van der Waals surface area contributed by atoms with Gasteiger partial charge in [0.25, 0.3) is 0 Å². The number of hydrogen-bond donors (Lipinski definition) is 1. The van der Waals surface area contributed by atoms with Gasteiger partial charge in [0.2, 0.25) is 0 Å². The van der Waals surface area contributed by atoms with Crippen molar-refractivity contribution in [1.29, 1.82) is 0 Å². The third-order valence-corrected chi connectivity index (χ3v) is 3.31. The highest BCUT2D eigenvalue weighted by Gasteiger charge is 2.08. The SMILES string of the molecule is CCC(N)CCC(C)c1cc(C)cc(C)c1. The molecule has 0 saturated carbocycles. The van der Waals surface area contributed by atoms with Gasteiger partial charge in [-0.2, -0.15) is 0 Å². The molecule has 0 fully saturated rings. The van der Waals surface area contributed by atoms with Gasteiger partial charge in [-0.1, -0.05) is 43.2 Å². The van der Waals surface area contributed by atoms with Crippen molar-refractivity contribution in [3.8, 4) is 0 Å². The molecule has 1 rings (SSSR count). The summed E-state index contributed by atoms with van der Waals surface area (Å²) in [6.07, 6.45) is 3.40. The lowest BCUT2D eigenvalue weighted by molar-refractivity contribution is 0.530. The quantitative estimate of drug-likeness (QED) is 0.798. The molecule has 2 unspecified atom stereocenters. The topological polar surface area (TPSA) is 26.0 Å². The van der Waals surface area contributed by atoms with Crippen molar-refractivity contribution in [3.05, 3.63) is 34.9 Å². The lowest BCUT2D eigenvalue weighted by Gasteiger charge is -2.16. The maximum Gasteiger partial charge on any atom is 0.00364 e. The summed E-state index contributed by atoms with van der Waals surface area (Å²) in [6, 6.07) is 7.20. The average Bonchev–Trinajstić information content (AvgIpc) is 2.23. The zero-order valence-electron chi connectivity index (χ0n) is 11.1. The van der Waals surface area contributed by atoms with Crippen LogP contribution in [0.4, 0.5) is 0 Å². The van der Waals surface area contributed by atoms with Gasteiger partial charge in [0.15, 0.2) is 0 Å². The van der Waals surface area contributed by atoms with Gasteiger partial charge in [0.1, 0.15) is 0 Å². The van der Waals surface area contributed by atoms with E-state index in [4.69, 9.17) is 5.73 Å². The fourth-order valence-corrected chi connectivity index (χ4v) is 2.13. The van der Waals surface area contributed by atoms with Crippen LogP contribution >= 0.6 is 0 Å². The molecule has 2 atom stereocenters. The lowest BCUT2D eigenvalue weighted by atomic mass is 9.92. The Kier molecular flexibility index (Phi) is 5.01. The van der Waals surface area contributed by atoms with Gasteiger partial charge in [0.05, 0.1) is 0 Å². The summed E-state index contributed by atoms with van der Waals surface area (Å²) in [6.45, 7) is 8.80. The molecule has 0 radical (unpaired) electrons. The highest BCUT2D eigenvalue weighted by atomic mass is 14.6. The van der Waals surface area contributed by atoms with Crippen molar-refractivity contribution in [3.63, 3.8) is 0 Å². The van der Waals surface area contributed by atoms with Crippen molar-refractivity contribution in [2.45, 2.75) is 58.9 Å². The molecule has 0 bridgehead atoms. The average molecular weight is 219 g/mol. The summed E-state index contributed by atoms with van der Waals surface area (Å²) < 4.78 is 0. The van der Waals surface area contributed by atoms with E-state index in [1.807, 2.05) is 0 Å². The van der Waals surface area contributed by atoms with Crippen molar-refractivity contribution < 1.29 is 0 Å². The number of hydrogen-bond acceptors (Lipinski definition) is 1. The molecule has 0 heterocycles. The van der Waals surface area contributed by atoms with Gasteiger partial charge in [-0.05, 0) is 44.6 Å². The monoisotopic (exact) mass is 219 g/mol. The van der Waals surface area contributed by atoms with Crippen LogP contribution in [0.1, 0.15) is 55.7 Å². The molecule has 0 saturated heterocycles. The molecule has 0 amide bonds. The summed E-state index contributed by atoms with van der Waals surface area (Å²) in [5.41, 5.74) is 10.1. The second kappa shape index (κ2) is 6.05. The minimum Gasteiger partial charge on any atom is -0.328 e. The van der Waals surface area contributed by atoms with Crippen LogP contribution in [0.15, 0.2) is 18.2 Å². The van der Waals surface area contributed by atoms with Crippen LogP contribution in [0.25, 0.3) is 0 Å². The van der Waals surface area contributed by atoms with Crippen LogP contribution in [-0.2, 0) is 0 Å². The summed E-state index contributed by atoms with van der Waals surface area (Å²) in [4.78, 5) is 0. The fourth-order valence-electron chi connectivity index (χ4n) is 2.13. The lowest BCUT2D eigenvalue weighted by Crippen LogP contribution is -2.18. The Hall–Kier alpha value is -0.820. The van der Waals surface area contributed by atoms with Gasteiger partial charge >= 0.3 is 0 Å². The molecule has 90 valence electrons. The molecular weight excluding hydrogens is 194 g/mol. The predicted molar refractivity (Wildman–Crippen MR) is 71.8 cm³/mol. The van der Waals surface area contributed by atoms with E-state index in [0.29, 0.717) is 12.0 Å². The maximum absolute atomic E-state index is 5.96. The largest absolute Gasteiger partial charge is 0.328 e. The first-order chi connectivity index (χ1) is 7.52. The first kappa shape index (κ1) is 13.2. The van der Waals surface area contributed by atoms with Gasteiger partial charge in [-0.15, -0.1) is 0 Å². The van der Waals surface area contributed by atoms with Crippen LogP contribution < -0.4 is 5.73 Å². The van der Waals surface area contributed by atoms with Gasteiger partial charge < -0.3 is 5.73 Å². The summed E-state index contributed by atoms with van der Waals surface area (Å²) in [5, 5.41) is 0. The van der Waals surface area contributed by atoms with Gasteiger partial charge in [0, 0.05) is 6.04 Å². The summed E-state index contributed by atoms with van der Waals surface area (Å²) in [7, 11) is 0. The molecule has 0 aliphatic heterocycles. The van der Waals surface area contributed by atoms with Crippen molar-refractivity contribution in [2.24, 2.45) is 5.73 Å². The molecule has 0 spiro atoms. The number of rotatable bonds is 5. The van der Waals surface area contributed by atoms with E-state index in [1.54, 1.807) is 0 Å². The molecule has 1 heteroatoms. The first-order valence-electron chi connectivity index (χ1n) is 6.36. The molecule has 2 N–H and O–H groups in total. The molecule has 1 nitrogen and oxygen atoms in total.